The molecule has 0 radical (unpaired) electrons. The SMILES string of the molecule is FC(F)(F)Nc1ccccc1-c1nc2ccccc2n1-c1ccccc1. The molecule has 0 aliphatic heterocycles. The summed E-state index contributed by atoms with van der Waals surface area (Å²) < 4.78 is 40.6. The second kappa shape index (κ2) is 6.22. The van der Waals surface area contributed by atoms with Crippen molar-refractivity contribution in [1.29, 1.82) is 0 Å². The molecule has 130 valence electrons. The first kappa shape index (κ1) is 16.2. The van der Waals surface area contributed by atoms with E-state index >= 15 is 0 Å². The summed E-state index contributed by atoms with van der Waals surface area (Å²) >= 11 is 0. The molecule has 3 nitrogen and oxygen atoms in total. The van der Waals surface area contributed by atoms with Crippen molar-refractivity contribution in [3.63, 3.8) is 0 Å². The van der Waals surface area contributed by atoms with Crippen LogP contribution in [0.2, 0.25) is 0 Å². The van der Waals surface area contributed by atoms with Crippen LogP contribution in [0.15, 0.2) is 78.9 Å². The highest BCUT2D eigenvalue weighted by molar-refractivity contribution is 5.86. The van der Waals surface area contributed by atoms with Crippen molar-refractivity contribution >= 4 is 16.7 Å². The van der Waals surface area contributed by atoms with Gasteiger partial charge < -0.3 is 0 Å². The number of nitrogens with one attached hydrogen (secondary N) is 1. The highest BCUT2D eigenvalue weighted by Gasteiger charge is 2.29. The van der Waals surface area contributed by atoms with E-state index in [-0.39, 0.29) is 5.69 Å². The average Bonchev–Trinajstić information content (AvgIpc) is 3.01. The van der Waals surface area contributed by atoms with E-state index in [1.807, 2.05) is 59.2 Å². The topological polar surface area (TPSA) is 29.9 Å². The molecule has 1 N–H and O–H groups in total. The quantitative estimate of drug-likeness (QED) is 0.484. The molecule has 1 heterocycles. The third-order valence-corrected chi connectivity index (χ3v) is 4.02. The van der Waals surface area contributed by atoms with Crippen LogP contribution in [0.3, 0.4) is 0 Å². The van der Waals surface area contributed by atoms with Gasteiger partial charge in [-0.15, -0.1) is 0 Å². The fraction of sp³-hybridized carbons (Fsp3) is 0.0500. The van der Waals surface area contributed by atoms with Crippen molar-refractivity contribution < 1.29 is 13.2 Å². The van der Waals surface area contributed by atoms with E-state index in [9.17, 15) is 13.2 Å². The van der Waals surface area contributed by atoms with Crippen molar-refractivity contribution in [3.8, 4) is 17.1 Å². The van der Waals surface area contributed by atoms with E-state index < -0.39 is 6.30 Å². The number of rotatable bonds is 3. The lowest BCUT2D eigenvalue weighted by Gasteiger charge is -2.15. The van der Waals surface area contributed by atoms with E-state index in [1.165, 1.54) is 6.07 Å². The minimum atomic E-state index is -4.53. The maximum absolute atomic E-state index is 12.9. The summed E-state index contributed by atoms with van der Waals surface area (Å²) in [6.45, 7) is 0. The number of halogens is 3. The molecule has 0 amide bonds. The molecular formula is C20H14F3N3. The van der Waals surface area contributed by atoms with Crippen LogP contribution in [0.1, 0.15) is 0 Å². The Morgan fingerprint density at radius 3 is 2.19 bits per heavy atom. The molecular weight excluding hydrogens is 339 g/mol. The monoisotopic (exact) mass is 353 g/mol. The van der Waals surface area contributed by atoms with Crippen LogP contribution in [0.5, 0.6) is 0 Å². The summed E-state index contributed by atoms with van der Waals surface area (Å²) in [7, 11) is 0. The van der Waals surface area contributed by atoms with Gasteiger partial charge in [-0.1, -0.05) is 42.5 Å². The summed E-state index contributed by atoms with van der Waals surface area (Å²) in [5.74, 6) is 0.449. The van der Waals surface area contributed by atoms with Crippen LogP contribution in [0.25, 0.3) is 28.1 Å². The van der Waals surface area contributed by atoms with Crippen LogP contribution in [-0.2, 0) is 0 Å². The summed E-state index contributed by atoms with van der Waals surface area (Å²) in [6.07, 6.45) is -4.53. The van der Waals surface area contributed by atoms with E-state index in [0.717, 1.165) is 11.2 Å². The number of para-hydroxylation sites is 4. The van der Waals surface area contributed by atoms with Gasteiger partial charge in [0.1, 0.15) is 5.82 Å². The van der Waals surface area contributed by atoms with Crippen molar-refractivity contribution in [2.24, 2.45) is 0 Å². The average molecular weight is 353 g/mol. The predicted octanol–water partition coefficient (Wildman–Crippen LogP) is 5.62. The van der Waals surface area contributed by atoms with Gasteiger partial charge in [0.05, 0.1) is 16.7 Å². The predicted molar refractivity (Wildman–Crippen MR) is 96.2 cm³/mol. The molecule has 0 fully saturated rings. The van der Waals surface area contributed by atoms with Crippen LogP contribution in [0.4, 0.5) is 18.9 Å². The van der Waals surface area contributed by atoms with Crippen molar-refractivity contribution in [2.75, 3.05) is 5.32 Å². The minimum Gasteiger partial charge on any atom is -0.297 e. The van der Waals surface area contributed by atoms with Gasteiger partial charge in [0.25, 0.3) is 0 Å². The number of hydrogen-bond acceptors (Lipinski definition) is 2. The number of hydrogen-bond donors (Lipinski definition) is 1. The Balaban J connectivity index is 1.99. The zero-order valence-electron chi connectivity index (χ0n) is 13.5. The fourth-order valence-corrected chi connectivity index (χ4v) is 2.98. The molecule has 1 aromatic heterocycles. The standard InChI is InChI=1S/C20H14F3N3/c21-20(22,23)25-16-11-5-4-10-15(16)19-24-17-12-6-7-13-18(17)26(19)14-8-2-1-3-9-14/h1-13,25H. The van der Waals surface area contributed by atoms with E-state index in [0.29, 0.717) is 16.9 Å². The molecule has 26 heavy (non-hydrogen) atoms. The Bertz CT molecular complexity index is 1050. The lowest BCUT2D eigenvalue weighted by atomic mass is 10.1. The highest BCUT2D eigenvalue weighted by Crippen LogP contribution is 2.34. The molecule has 3 aromatic carbocycles. The first-order valence-electron chi connectivity index (χ1n) is 8.00. The van der Waals surface area contributed by atoms with E-state index in [2.05, 4.69) is 4.98 Å². The zero-order valence-corrected chi connectivity index (χ0v) is 13.5. The first-order chi connectivity index (χ1) is 12.5. The molecule has 0 bridgehead atoms. The number of alkyl halides is 3. The highest BCUT2D eigenvalue weighted by atomic mass is 19.4. The minimum absolute atomic E-state index is 0.0347. The van der Waals surface area contributed by atoms with Crippen LogP contribution < -0.4 is 5.32 Å². The molecule has 6 heteroatoms. The first-order valence-corrected chi connectivity index (χ1v) is 8.00. The molecule has 0 spiro atoms. The van der Waals surface area contributed by atoms with Gasteiger partial charge in [-0.25, -0.2) is 4.98 Å². The number of aromatic nitrogens is 2. The third-order valence-electron chi connectivity index (χ3n) is 4.02. The molecule has 4 rings (SSSR count). The largest absolute Gasteiger partial charge is 0.482 e. The van der Waals surface area contributed by atoms with E-state index in [1.54, 1.807) is 23.5 Å². The zero-order chi connectivity index (χ0) is 18.1. The van der Waals surface area contributed by atoms with Crippen molar-refractivity contribution in [2.45, 2.75) is 6.30 Å². The summed E-state index contributed by atoms with van der Waals surface area (Å²) in [4.78, 5) is 4.61. The van der Waals surface area contributed by atoms with Gasteiger partial charge in [0.15, 0.2) is 0 Å². The third kappa shape index (κ3) is 3.01. The Morgan fingerprint density at radius 1 is 0.769 bits per heavy atom. The smallest absolute Gasteiger partial charge is 0.297 e. The Labute approximate surface area is 147 Å². The van der Waals surface area contributed by atoms with Gasteiger partial charge in [0, 0.05) is 11.3 Å². The van der Waals surface area contributed by atoms with E-state index in [4.69, 9.17) is 0 Å². The Morgan fingerprint density at radius 2 is 1.42 bits per heavy atom. The molecule has 0 saturated heterocycles. The second-order valence-electron chi connectivity index (χ2n) is 5.76. The molecule has 4 aromatic rings. The summed E-state index contributed by atoms with van der Waals surface area (Å²) in [5.41, 5.74) is 2.72. The molecule has 0 unspecified atom stereocenters. The molecule has 0 aliphatic carbocycles. The number of fused-ring (bicyclic) bond motifs is 1. The van der Waals surface area contributed by atoms with Crippen molar-refractivity contribution in [3.05, 3.63) is 78.9 Å². The molecule has 0 atom stereocenters. The second-order valence-corrected chi connectivity index (χ2v) is 5.76. The summed E-state index contributed by atoms with van der Waals surface area (Å²) in [5, 5.41) is 1.62. The van der Waals surface area contributed by atoms with Gasteiger partial charge >= 0.3 is 6.30 Å². The van der Waals surface area contributed by atoms with Gasteiger partial charge in [-0.05, 0) is 36.4 Å². The number of nitrogens with zero attached hydrogens (tertiary/aromatic N) is 2. The fourth-order valence-electron chi connectivity index (χ4n) is 2.98. The number of anilines is 1. The summed E-state index contributed by atoms with van der Waals surface area (Å²) in [6, 6.07) is 23.2. The molecule has 0 saturated carbocycles. The Kier molecular flexibility index (Phi) is 3.88. The van der Waals surface area contributed by atoms with Gasteiger partial charge in [-0.2, -0.15) is 13.2 Å². The van der Waals surface area contributed by atoms with Gasteiger partial charge in [0.2, 0.25) is 0 Å². The Hall–Kier alpha value is -3.28. The van der Waals surface area contributed by atoms with Crippen LogP contribution in [-0.4, -0.2) is 15.9 Å². The maximum Gasteiger partial charge on any atom is 0.482 e. The number of benzene rings is 3. The number of imidazole rings is 1. The van der Waals surface area contributed by atoms with Gasteiger partial charge in [-0.3, -0.25) is 9.88 Å². The lowest BCUT2D eigenvalue weighted by molar-refractivity contribution is -0.0998. The maximum atomic E-state index is 12.9. The van der Waals surface area contributed by atoms with Crippen LogP contribution >= 0.6 is 0 Å². The normalized spacial score (nSPS) is 11.7. The van der Waals surface area contributed by atoms with Crippen molar-refractivity contribution in [1.82, 2.24) is 9.55 Å². The van der Waals surface area contributed by atoms with Crippen LogP contribution in [0, 0.1) is 0 Å². The molecule has 0 aliphatic rings. The lowest BCUT2D eigenvalue weighted by Crippen LogP contribution is -2.21.